The van der Waals surface area contributed by atoms with Gasteiger partial charge in [-0.3, -0.25) is 0 Å². The van der Waals surface area contributed by atoms with Crippen LogP contribution in [0.15, 0.2) is 48.5 Å². The van der Waals surface area contributed by atoms with Gasteiger partial charge in [-0.2, -0.15) is 5.26 Å². The number of fused-ring (bicyclic) bond motifs is 1. The monoisotopic (exact) mass is 264 g/mol. The van der Waals surface area contributed by atoms with E-state index in [9.17, 15) is 5.11 Å². The zero-order chi connectivity index (χ0) is 14.2. The summed E-state index contributed by atoms with van der Waals surface area (Å²) < 4.78 is 0. The van der Waals surface area contributed by atoms with E-state index in [-0.39, 0.29) is 6.04 Å². The summed E-state index contributed by atoms with van der Waals surface area (Å²) in [5.41, 5.74) is 2.60. The summed E-state index contributed by atoms with van der Waals surface area (Å²) in [6, 6.07) is 17.2. The van der Waals surface area contributed by atoms with Gasteiger partial charge in [0, 0.05) is 6.54 Å². The minimum Gasteiger partial charge on any atom is -0.383 e. The topological polar surface area (TPSA) is 56.0 Å². The van der Waals surface area contributed by atoms with Crippen LogP contribution < -0.4 is 5.32 Å². The fraction of sp³-hybridized carbons (Fsp3) is 0.235. The number of nitriles is 1. The maximum atomic E-state index is 11.0. The largest absolute Gasteiger partial charge is 0.383 e. The Bertz CT molecular complexity index is 685. The maximum absolute atomic E-state index is 11.0. The molecule has 1 aliphatic rings. The number of nitrogens with zero attached hydrogens (tertiary/aromatic N) is 1. The van der Waals surface area contributed by atoms with Gasteiger partial charge in [0.25, 0.3) is 0 Å². The Labute approximate surface area is 118 Å². The Morgan fingerprint density at radius 2 is 2.05 bits per heavy atom. The first-order chi connectivity index (χ1) is 9.63. The van der Waals surface area contributed by atoms with Crippen molar-refractivity contribution >= 4 is 0 Å². The van der Waals surface area contributed by atoms with Crippen molar-refractivity contribution in [2.24, 2.45) is 0 Å². The molecule has 1 aliphatic heterocycles. The predicted molar refractivity (Wildman–Crippen MR) is 76.8 cm³/mol. The van der Waals surface area contributed by atoms with E-state index < -0.39 is 5.60 Å². The highest BCUT2D eigenvalue weighted by atomic mass is 16.3. The molecule has 2 N–H and O–H groups in total. The molecule has 20 heavy (non-hydrogen) atoms. The lowest BCUT2D eigenvalue weighted by molar-refractivity contribution is 0.0177. The summed E-state index contributed by atoms with van der Waals surface area (Å²) in [6.07, 6.45) is 0. The second kappa shape index (κ2) is 4.75. The van der Waals surface area contributed by atoms with Crippen LogP contribution in [0.2, 0.25) is 0 Å². The van der Waals surface area contributed by atoms with Crippen LogP contribution in [-0.4, -0.2) is 5.11 Å². The molecule has 0 aliphatic carbocycles. The molecule has 0 radical (unpaired) electrons. The van der Waals surface area contributed by atoms with Crippen molar-refractivity contribution in [3.05, 3.63) is 70.8 Å². The van der Waals surface area contributed by atoms with Crippen molar-refractivity contribution in [1.82, 2.24) is 5.32 Å². The molecule has 2 unspecified atom stereocenters. The summed E-state index contributed by atoms with van der Waals surface area (Å²) in [5, 5.41) is 23.3. The van der Waals surface area contributed by atoms with Gasteiger partial charge in [-0.05, 0) is 35.7 Å². The van der Waals surface area contributed by atoms with Gasteiger partial charge in [0.1, 0.15) is 5.60 Å². The second-order valence-electron chi connectivity index (χ2n) is 5.35. The third kappa shape index (κ3) is 2.00. The number of aliphatic hydroxyl groups is 1. The van der Waals surface area contributed by atoms with Crippen molar-refractivity contribution in [3.8, 4) is 6.07 Å². The van der Waals surface area contributed by atoms with E-state index in [0.717, 1.165) is 17.7 Å². The molecule has 2 aromatic carbocycles. The van der Waals surface area contributed by atoms with Gasteiger partial charge in [0.15, 0.2) is 0 Å². The van der Waals surface area contributed by atoms with Crippen LogP contribution in [0, 0.1) is 11.3 Å². The lowest BCUT2D eigenvalue weighted by Crippen LogP contribution is -2.35. The van der Waals surface area contributed by atoms with Gasteiger partial charge in [-0.15, -0.1) is 0 Å². The third-order valence-corrected chi connectivity index (χ3v) is 4.00. The van der Waals surface area contributed by atoms with E-state index in [0.29, 0.717) is 5.56 Å². The maximum Gasteiger partial charge on any atom is 0.106 e. The molecule has 0 fully saturated rings. The van der Waals surface area contributed by atoms with Crippen LogP contribution in [-0.2, 0) is 12.1 Å². The van der Waals surface area contributed by atoms with Crippen molar-refractivity contribution in [1.29, 1.82) is 5.26 Å². The molecule has 0 saturated heterocycles. The molecule has 100 valence electrons. The molecule has 2 aromatic rings. The number of hydrogen-bond acceptors (Lipinski definition) is 3. The first kappa shape index (κ1) is 12.9. The van der Waals surface area contributed by atoms with Crippen LogP contribution in [0.5, 0.6) is 0 Å². The molecule has 0 spiro atoms. The fourth-order valence-corrected chi connectivity index (χ4v) is 2.87. The summed E-state index contributed by atoms with van der Waals surface area (Å²) in [7, 11) is 0. The molecule has 0 saturated carbocycles. The zero-order valence-corrected chi connectivity index (χ0v) is 11.3. The average Bonchev–Trinajstić information content (AvgIpc) is 2.92. The Balaban J connectivity index is 2.03. The minimum absolute atomic E-state index is 0.160. The van der Waals surface area contributed by atoms with Gasteiger partial charge in [-0.25, -0.2) is 0 Å². The van der Waals surface area contributed by atoms with Crippen LogP contribution in [0.25, 0.3) is 0 Å². The highest BCUT2D eigenvalue weighted by molar-refractivity contribution is 5.41. The smallest absolute Gasteiger partial charge is 0.106 e. The third-order valence-electron chi connectivity index (χ3n) is 4.00. The predicted octanol–water partition coefficient (Wildman–Crippen LogP) is 2.61. The number of hydrogen-bond donors (Lipinski definition) is 2. The van der Waals surface area contributed by atoms with Crippen LogP contribution in [0.4, 0.5) is 0 Å². The quantitative estimate of drug-likeness (QED) is 0.876. The lowest BCUT2D eigenvalue weighted by Gasteiger charge is -2.31. The summed E-state index contributed by atoms with van der Waals surface area (Å²) in [4.78, 5) is 0. The van der Waals surface area contributed by atoms with Gasteiger partial charge in [0.05, 0.1) is 17.7 Å². The number of nitrogens with one attached hydrogen (secondary N) is 1. The molecule has 3 rings (SSSR count). The lowest BCUT2D eigenvalue weighted by atomic mass is 9.84. The molecular formula is C17H16N2O. The summed E-state index contributed by atoms with van der Waals surface area (Å²) >= 11 is 0. The van der Waals surface area contributed by atoms with Gasteiger partial charge in [-0.1, -0.05) is 36.4 Å². The van der Waals surface area contributed by atoms with E-state index in [2.05, 4.69) is 17.5 Å². The number of rotatable bonds is 2. The van der Waals surface area contributed by atoms with Crippen molar-refractivity contribution in [2.45, 2.75) is 25.1 Å². The molecule has 0 aromatic heterocycles. The SMILES string of the molecule is CC(O)(c1cccc(C#N)c1)C1NCc2ccccc21. The summed E-state index contributed by atoms with van der Waals surface area (Å²) in [6.45, 7) is 2.55. The average molecular weight is 264 g/mol. The van der Waals surface area contributed by atoms with E-state index in [1.165, 1.54) is 5.56 Å². The molecule has 0 bridgehead atoms. The molecule has 2 atom stereocenters. The Hall–Kier alpha value is -2.15. The van der Waals surface area contributed by atoms with Gasteiger partial charge < -0.3 is 10.4 Å². The van der Waals surface area contributed by atoms with Crippen LogP contribution in [0.3, 0.4) is 0 Å². The van der Waals surface area contributed by atoms with Gasteiger partial charge >= 0.3 is 0 Å². The normalized spacial score (nSPS) is 19.9. The fourth-order valence-electron chi connectivity index (χ4n) is 2.87. The Kier molecular flexibility index (Phi) is 3.06. The molecule has 3 heteroatoms. The first-order valence-corrected chi connectivity index (χ1v) is 6.67. The standard InChI is InChI=1S/C17H16N2O/c1-17(20,14-7-4-5-12(9-14)10-18)16-15-8-3-2-6-13(15)11-19-16/h2-9,16,19-20H,11H2,1H3. The Morgan fingerprint density at radius 3 is 2.85 bits per heavy atom. The Morgan fingerprint density at radius 1 is 1.25 bits per heavy atom. The minimum atomic E-state index is -1.06. The summed E-state index contributed by atoms with van der Waals surface area (Å²) in [5.74, 6) is 0. The van der Waals surface area contributed by atoms with Crippen molar-refractivity contribution < 1.29 is 5.11 Å². The molecule has 1 heterocycles. The molecule has 3 nitrogen and oxygen atoms in total. The van der Waals surface area contributed by atoms with Crippen LogP contribution >= 0.6 is 0 Å². The van der Waals surface area contributed by atoms with E-state index in [1.54, 1.807) is 19.1 Å². The van der Waals surface area contributed by atoms with Crippen LogP contribution in [0.1, 0.15) is 35.2 Å². The van der Waals surface area contributed by atoms with E-state index in [4.69, 9.17) is 5.26 Å². The highest BCUT2D eigenvalue weighted by Crippen LogP contribution is 2.39. The first-order valence-electron chi connectivity index (χ1n) is 6.67. The highest BCUT2D eigenvalue weighted by Gasteiger charge is 2.38. The van der Waals surface area contributed by atoms with E-state index in [1.807, 2.05) is 30.3 Å². The zero-order valence-electron chi connectivity index (χ0n) is 11.3. The van der Waals surface area contributed by atoms with Gasteiger partial charge in [0.2, 0.25) is 0 Å². The second-order valence-corrected chi connectivity index (χ2v) is 5.35. The van der Waals surface area contributed by atoms with E-state index >= 15 is 0 Å². The molecular weight excluding hydrogens is 248 g/mol. The number of benzene rings is 2. The van der Waals surface area contributed by atoms with Crippen molar-refractivity contribution in [2.75, 3.05) is 0 Å². The van der Waals surface area contributed by atoms with Crippen molar-refractivity contribution in [3.63, 3.8) is 0 Å². The molecule has 0 amide bonds.